The number of nitrogens with one attached hydrogen (secondary N) is 1. The van der Waals surface area contributed by atoms with Crippen LogP contribution in [0.3, 0.4) is 0 Å². The van der Waals surface area contributed by atoms with Crippen molar-refractivity contribution >= 4 is 5.97 Å². The summed E-state index contributed by atoms with van der Waals surface area (Å²) >= 11 is 0. The zero-order valence-corrected chi connectivity index (χ0v) is 11.6. The molecule has 0 fully saturated rings. The average molecular weight is 261 g/mol. The number of fused-ring (bicyclic) bond motifs is 1. The molecule has 0 radical (unpaired) electrons. The minimum atomic E-state index is -0.732. The number of carboxylic acid groups (broad SMARTS) is 1. The molecule has 0 spiro atoms. The van der Waals surface area contributed by atoms with Gasteiger partial charge in [0.2, 0.25) is 0 Å². The number of rotatable bonds is 6. The van der Waals surface area contributed by atoms with E-state index in [1.54, 1.807) is 0 Å². The summed E-state index contributed by atoms with van der Waals surface area (Å²) in [5.74, 6) is -0.732. The molecule has 0 amide bonds. The lowest BCUT2D eigenvalue weighted by molar-refractivity contribution is -0.137. The Kier molecular flexibility index (Phi) is 4.97. The molecule has 1 aromatic rings. The molecule has 1 aromatic carbocycles. The summed E-state index contributed by atoms with van der Waals surface area (Å²) in [5, 5.41) is 12.2. The van der Waals surface area contributed by atoms with Gasteiger partial charge in [-0.2, -0.15) is 0 Å². The first-order valence-corrected chi connectivity index (χ1v) is 7.25. The van der Waals surface area contributed by atoms with Crippen molar-refractivity contribution in [3.05, 3.63) is 34.9 Å². The molecule has 0 heterocycles. The topological polar surface area (TPSA) is 49.3 Å². The highest BCUT2D eigenvalue weighted by molar-refractivity contribution is 5.67. The standard InChI is InChI=1S/C16H23NO2/c1-2-17-15(11-16(18)19)10-12-7-8-13-5-3-4-6-14(13)9-12/h7-9,15,17H,2-6,10-11H2,1H3,(H,18,19). The Morgan fingerprint density at radius 2 is 2.05 bits per heavy atom. The third kappa shape index (κ3) is 4.06. The van der Waals surface area contributed by atoms with Gasteiger partial charge in [0, 0.05) is 6.04 Å². The Hall–Kier alpha value is -1.35. The van der Waals surface area contributed by atoms with E-state index >= 15 is 0 Å². The summed E-state index contributed by atoms with van der Waals surface area (Å²) in [6.07, 6.45) is 5.93. The molecule has 2 rings (SSSR count). The van der Waals surface area contributed by atoms with Crippen molar-refractivity contribution in [3.8, 4) is 0 Å². The maximum absolute atomic E-state index is 10.9. The van der Waals surface area contributed by atoms with Crippen LogP contribution < -0.4 is 5.32 Å². The Bertz CT molecular complexity index is 442. The molecule has 104 valence electrons. The first kappa shape index (κ1) is 14.1. The van der Waals surface area contributed by atoms with Crippen LogP contribution >= 0.6 is 0 Å². The molecule has 3 nitrogen and oxygen atoms in total. The molecule has 1 unspecified atom stereocenters. The molecular formula is C16H23NO2. The van der Waals surface area contributed by atoms with Crippen LogP contribution in [0.15, 0.2) is 18.2 Å². The van der Waals surface area contributed by atoms with E-state index in [4.69, 9.17) is 5.11 Å². The van der Waals surface area contributed by atoms with E-state index in [0.717, 1.165) is 13.0 Å². The van der Waals surface area contributed by atoms with Gasteiger partial charge < -0.3 is 10.4 Å². The zero-order valence-electron chi connectivity index (χ0n) is 11.6. The lowest BCUT2D eigenvalue weighted by Gasteiger charge is -2.19. The van der Waals surface area contributed by atoms with Crippen LogP contribution in [0, 0.1) is 0 Å². The number of benzene rings is 1. The number of likely N-dealkylation sites (N-methyl/N-ethyl adjacent to an activating group) is 1. The fraction of sp³-hybridized carbons (Fsp3) is 0.562. The van der Waals surface area contributed by atoms with Gasteiger partial charge in [0.1, 0.15) is 0 Å². The SMILES string of the molecule is CCNC(CC(=O)O)Cc1ccc2c(c1)CCCC2. The molecule has 19 heavy (non-hydrogen) atoms. The molecule has 1 aliphatic carbocycles. The molecule has 1 atom stereocenters. The predicted molar refractivity (Wildman–Crippen MR) is 76.5 cm³/mol. The van der Waals surface area contributed by atoms with Crippen molar-refractivity contribution in [3.63, 3.8) is 0 Å². The Balaban J connectivity index is 2.05. The molecule has 1 aliphatic rings. The number of hydrogen-bond acceptors (Lipinski definition) is 2. The molecular weight excluding hydrogens is 238 g/mol. The van der Waals surface area contributed by atoms with Gasteiger partial charge >= 0.3 is 5.97 Å². The molecule has 0 bridgehead atoms. The van der Waals surface area contributed by atoms with E-state index in [1.807, 2.05) is 6.92 Å². The van der Waals surface area contributed by atoms with Crippen LogP contribution in [-0.4, -0.2) is 23.7 Å². The highest BCUT2D eigenvalue weighted by Crippen LogP contribution is 2.23. The second-order valence-electron chi connectivity index (χ2n) is 5.37. The zero-order chi connectivity index (χ0) is 13.7. The monoisotopic (exact) mass is 261 g/mol. The number of aliphatic carboxylic acids is 1. The van der Waals surface area contributed by atoms with Gasteiger partial charge in [0.15, 0.2) is 0 Å². The van der Waals surface area contributed by atoms with Gasteiger partial charge in [-0.3, -0.25) is 4.79 Å². The summed E-state index contributed by atoms with van der Waals surface area (Å²) < 4.78 is 0. The van der Waals surface area contributed by atoms with Crippen molar-refractivity contribution in [2.75, 3.05) is 6.54 Å². The third-order valence-corrected chi connectivity index (χ3v) is 3.81. The average Bonchev–Trinajstić information content (AvgIpc) is 2.38. The molecule has 0 saturated carbocycles. The lowest BCUT2D eigenvalue weighted by Crippen LogP contribution is -2.33. The van der Waals surface area contributed by atoms with Crippen LogP contribution in [0.5, 0.6) is 0 Å². The highest BCUT2D eigenvalue weighted by Gasteiger charge is 2.14. The predicted octanol–water partition coefficient (Wildman–Crippen LogP) is 2.56. The van der Waals surface area contributed by atoms with Crippen LogP contribution in [0.2, 0.25) is 0 Å². The van der Waals surface area contributed by atoms with E-state index in [-0.39, 0.29) is 12.5 Å². The molecule has 0 aliphatic heterocycles. The number of carbonyl (C=O) groups is 1. The summed E-state index contributed by atoms with van der Waals surface area (Å²) in [4.78, 5) is 10.9. The van der Waals surface area contributed by atoms with Crippen LogP contribution in [0.1, 0.15) is 42.9 Å². The molecule has 0 aromatic heterocycles. The quantitative estimate of drug-likeness (QED) is 0.827. The lowest BCUT2D eigenvalue weighted by atomic mass is 9.89. The van der Waals surface area contributed by atoms with Crippen LogP contribution in [0.25, 0.3) is 0 Å². The van der Waals surface area contributed by atoms with Crippen molar-refractivity contribution in [1.82, 2.24) is 5.32 Å². The maximum Gasteiger partial charge on any atom is 0.304 e. The number of hydrogen-bond donors (Lipinski definition) is 2. The number of carboxylic acids is 1. The highest BCUT2D eigenvalue weighted by atomic mass is 16.4. The maximum atomic E-state index is 10.9. The van der Waals surface area contributed by atoms with Crippen molar-refractivity contribution < 1.29 is 9.90 Å². The first-order valence-electron chi connectivity index (χ1n) is 7.25. The molecule has 3 heteroatoms. The van der Waals surface area contributed by atoms with Gasteiger partial charge in [-0.15, -0.1) is 0 Å². The van der Waals surface area contributed by atoms with E-state index in [2.05, 4.69) is 23.5 Å². The number of aryl methyl sites for hydroxylation is 2. The first-order chi connectivity index (χ1) is 9.19. The van der Waals surface area contributed by atoms with Gasteiger partial charge in [0.05, 0.1) is 6.42 Å². The fourth-order valence-corrected chi connectivity index (χ4v) is 2.91. The largest absolute Gasteiger partial charge is 0.481 e. The van der Waals surface area contributed by atoms with Crippen molar-refractivity contribution in [2.45, 2.75) is 51.5 Å². The summed E-state index contributed by atoms with van der Waals surface area (Å²) in [6.45, 7) is 2.82. The van der Waals surface area contributed by atoms with E-state index in [1.165, 1.54) is 42.4 Å². The summed E-state index contributed by atoms with van der Waals surface area (Å²) in [5.41, 5.74) is 4.20. The normalized spacial score (nSPS) is 15.8. The van der Waals surface area contributed by atoms with Gasteiger partial charge in [-0.05, 0) is 55.3 Å². The van der Waals surface area contributed by atoms with Crippen molar-refractivity contribution in [1.29, 1.82) is 0 Å². The Labute approximate surface area is 115 Å². The summed E-state index contributed by atoms with van der Waals surface area (Å²) in [6, 6.07) is 6.70. The van der Waals surface area contributed by atoms with E-state index < -0.39 is 5.97 Å². The van der Waals surface area contributed by atoms with Crippen molar-refractivity contribution in [2.24, 2.45) is 0 Å². The van der Waals surface area contributed by atoms with Gasteiger partial charge in [0.25, 0.3) is 0 Å². The second kappa shape index (κ2) is 6.71. The Morgan fingerprint density at radius 1 is 1.32 bits per heavy atom. The van der Waals surface area contributed by atoms with Gasteiger partial charge in [-0.1, -0.05) is 25.1 Å². The smallest absolute Gasteiger partial charge is 0.304 e. The third-order valence-electron chi connectivity index (χ3n) is 3.81. The minimum absolute atomic E-state index is 0.0316. The van der Waals surface area contributed by atoms with E-state index in [9.17, 15) is 4.79 Å². The van der Waals surface area contributed by atoms with Crippen LogP contribution in [0.4, 0.5) is 0 Å². The fourth-order valence-electron chi connectivity index (χ4n) is 2.91. The molecule has 2 N–H and O–H groups in total. The molecule has 0 saturated heterocycles. The minimum Gasteiger partial charge on any atom is -0.481 e. The second-order valence-corrected chi connectivity index (χ2v) is 5.37. The Morgan fingerprint density at radius 3 is 2.74 bits per heavy atom. The van der Waals surface area contributed by atoms with Crippen LogP contribution in [-0.2, 0) is 24.1 Å². The van der Waals surface area contributed by atoms with Gasteiger partial charge in [-0.25, -0.2) is 0 Å². The summed E-state index contributed by atoms with van der Waals surface area (Å²) in [7, 11) is 0. The van der Waals surface area contributed by atoms with E-state index in [0.29, 0.717) is 0 Å².